The van der Waals surface area contributed by atoms with Gasteiger partial charge >= 0.3 is 0 Å². The van der Waals surface area contributed by atoms with Gasteiger partial charge < -0.3 is 21.1 Å². The maximum absolute atomic E-state index is 12.9. The number of amides is 1. The SMILES string of the molecule is Cc1c(N)c2cnc(NC3CCC(C(=O)N4CCC(O)CC4)CC3)nc2n(C2=CC=C2)c1=O. The molecule has 2 aromatic rings. The predicted octanol–water partition coefficient (Wildman–Crippen LogP) is 2.05. The number of carbonyl (C=O) groups excluding carboxylic acids is 1. The van der Waals surface area contributed by atoms with Crippen molar-refractivity contribution >= 4 is 34.3 Å². The normalized spacial score (nSPS) is 23.3. The number of nitrogen functional groups attached to an aromatic ring is 1. The number of hydrogen-bond donors (Lipinski definition) is 3. The van der Waals surface area contributed by atoms with Gasteiger partial charge in [0.2, 0.25) is 11.9 Å². The van der Waals surface area contributed by atoms with Crippen LogP contribution in [0.5, 0.6) is 0 Å². The summed E-state index contributed by atoms with van der Waals surface area (Å²) in [7, 11) is 0. The van der Waals surface area contributed by atoms with Crippen molar-refractivity contribution in [3.8, 4) is 0 Å². The molecule has 0 radical (unpaired) electrons. The van der Waals surface area contributed by atoms with E-state index < -0.39 is 0 Å². The lowest BCUT2D eigenvalue weighted by atomic mass is 9.85. The fourth-order valence-electron chi connectivity index (χ4n) is 4.97. The third-order valence-electron chi connectivity index (χ3n) is 7.18. The number of aliphatic hydroxyl groups excluding tert-OH is 1. The minimum Gasteiger partial charge on any atom is -0.398 e. The number of piperidine rings is 1. The Kier molecular flexibility index (Phi) is 5.65. The van der Waals surface area contributed by atoms with Crippen molar-refractivity contribution in [1.29, 1.82) is 0 Å². The number of aliphatic hydroxyl groups is 1. The molecule has 2 aliphatic carbocycles. The van der Waals surface area contributed by atoms with Gasteiger partial charge in [0.1, 0.15) is 0 Å². The number of hydrogen-bond acceptors (Lipinski definition) is 7. The Bertz CT molecular complexity index is 1200. The Balaban J connectivity index is 1.29. The molecule has 0 spiro atoms. The molecule has 1 saturated carbocycles. The third-order valence-corrected chi connectivity index (χ3v) is 7.18. The van der Waals surface area contributed by atoms with E-state index in [9.17, 15) is 14.7 Å². The monoisotopic (exact) mass is 450 g/mol. The van der Waals surface area contributed by atoms with Crippen molar-refractivity contribution in [3.63, 3.8) is 0 Å². The van der Waals surface area contributed by atoms with Gasteiger partial charge in [-0.05, 0) is 57.6 Å². The van der Waals surface area contributed by atoms with Crippen LogP contribution in [0.4, 0.5) is 11.6 Å². The number of aromatic nitrogens is 3. The van der Waals surface area contributed by atoms with Crippen LogP contribution >= 0.6 is 0 Å². The maximum Gasteiger partial charge on any atom is 0.261 e. The number of carbonyl (C=O) groups is 1. The Morgan fingerprint density at radius 2 is 1.88 bits per heavy atom. The number of nitrogens with zero attached hydrogens (tertiary/aromatic N) is 4. The molecule has 2 fully saturated rings. The molecule has 1 aliphatic heterocycles. The standard InChI is InChI=1S/C24H30N6O3/c1-14-20(25)19-13-26-24(28-21(19)30(22(14)32)17-3-2-4-17)27-16-7-5-15(6-8-16)23(33)29-11-9-18(31)10-12-29/h2-4,13,15-16,18,31H,5-12,25H2,1H3,(H,26,27,28). The van der Waals surface area contributed by atoms with E-state index in [-0.39, 0.29) is 29.5 Å². The minimum absolute atomic E-state index is 0.0427. The zero-order valence-corrected chi connectivity index (χ0v) is 18.8. The summed E-state index contributed by atoms with van der Waals surface area (Å²) in [5.41, 5.74) is 8.18. The van der Waals surface area contributed by atoms with Crippen molar-refractivity contribution in [3.05, 3.63) is 40.3 Å². The summed E-state index contributed by atoms with van der Waals surface area (Å²) in [6.45, 7) is 3.02. The van der Waals surface area contributed by atoms with Crippen molar-refractivity contribution in [1.82, 2.24) is 19.4 Å². The highest BCUT2D eigenvalue weighted by molar-refractivity contribution is 5.92. The number of nitrogens with one attached hydrogen (secondary N) is 1. The van der Waals surface area contributed by atoms with Crippen LogP contribution in [0.15, 0.2) is 29.2 Å². The van der Waals surface area contributed by atoms with E-state index in [1.807, 2.05) is 23.1 Å². The van der Waals surface area contributed by atoms with Crippen molar-refractivity contribution < 1.29 is 9.90 Å². The highest BCUT2D eigenvalue weighted by atomic mass is 16.3. The van der Waals surface area contributed by atoms with Crippen molar-refractivity contribution in [2.24, 2.45) is 5.92 Å². The highest BCUT2D eigenvalue weighted by Gasteiger charge is 2.31. The zero-order valence-electron chi connectivity index (χ0n) is 18.8. The lowest BCUT2D eigenvalue weighted by Gasteiger charge is -2.35. The molecular weight excluding hydrogens is 420 g/mol. The van der Waals surface area contributed by atoms with Gasteiger partial charge in [0.05, 0.1) is 22.9 Å². The summed E-state index contributed by atoms with van der Waals surface area (Å²) >= 11 is 0. The molecule has 174 valence electrons. The lowest BCUT2D eigenvalue weighted by molar-refractivity contribution is -0.138. The quantitative estimate of drug-likeness (QED) is 0.651. The molecule has 5 rings (SSSR count). The van der Waals surface area contributed by atoms with Crippen LogP contribution in [0.2, 0.25) is 0 Å². The average Bonchev–Trinajstić information content (AvgIpc) is 2.79. The molecule has 2 aromatic heterocycles. The molecule has 0 aromatic carbocycles. The van der Waals surface area contributed by atoms with Crippen LogP contribution in [0.25, 0.3) is 16.7 Å². The predicted molar refractivity (Wildman–Crippen MR) is 128 cm³/mol. The van der Waals surface area contributed by atoms with Crippen molar-refractivity contribution in [2.75, 3.05) is 24.1 Å². The lowest BCUT2D eigenvalue weighted by Crippen LogP contribution is -2.44. The first-order valence-corrected chi connectivity index (χ1v) is 11.7. The highest BCUT2D eigenvalue weighted by Crippen LogP contribution is 2.30. The van der Waals surface area contributed by atoms with Gasteiger partial charge in [-0.25, -0.2) is 4.98 Å². The second-order valence-corrected chi connectivity index (χ2v) is 9.31. The van der Waals surface area contributed by atoms with Crippen LogP contribution in [0.3, 0.4) is 0 Å². The summed E-state index contributed by atoms with van der Waals surface area (Å²) in [4.78, 5) is 36.7. The summed E-state index contributed by atoms with van der Waals surface area (Å²) in [5.74, 6) is 0.725. The molecule has 1 amide bonds. The topological polar surface area (TPSA) is 126 Å². The van der Waals surface area contributed by atoms with Gasteiger partial charge in [-0.1, -0.05) is 6.08 Å². The number of allylic oxidation sites excluding steroid dienone is 4. The average molecular weight is 451 g/mol. The van der Waals surface area contributed by atoms with E-state index in [0.717, 1.165) is 31.4 Å². The maximum atomic E-state index is 12.9. The van der Waals surface area contributed by atoms with Crippen LogP contribution < -0.4 is 16.6 Å². The van der Waals surface area contributed by atoms with Crippen LogP contribution in [0.1, 0.15) is 44.1 Å². The second-order valence-electron chi connectivity index (χ2n) is 9.31. The molecule has 33 heavy (non-hydrogen) atoms. The van der Waals surface area contributed by atoms with E-state index in [4.69, 9.17) is 5.73 Å². The molecule has 1 saturated heterocycles. The molecule has 0 unspecified atom stereocenters. The molecule has 3 heterocycles. The number of pyridine rings is 1. The molecule has 9 nitrogen and oxygen atoms in total. The fraction of sp³-hybridized carbons (Fsp3) is 0.500. The Morgan fingerprint density at radius 3 is 2.52 bits per heavy atom. The molecule has 0 atom stereocenters. The largest absolute Gasteiger partial charge is 0.398 e. The number of nitrogens with two attached hydrogens (primary N) is 1. The number of rotatable bonds is 4. The minimum atomic E-state index is -0.275. The van der Waals surface area contributed by atoms with Gasteiger partial charge in [-0.3, -0.25) is 14.2 Å². The van der Waals surface area contributed by atoms with Gasteiger partial charge in [0.25, 0.3) is 5.56 Å². The molecular formula is C24H30N6O3. The van der Waals surface area contributed by atoms with Crippen LogP contribution in [-0.2, 0) is 4.79 Å². The summed E-state index contributed by atoms with van der Waals surface area (Å²) in [5, 5.41) is 13.7. The van der Waals surface area contributed by atoms with Crippen molar-refractivity contribution in [2.45, 2.75) is 57.6 Å². The Hall–Kier alpha value is -3.20. The summed E-state index contributed by atoms with van der Waals surface area (Å²) in [6, 6.07) is 0.167. The van der Waals surface area contributed by atoms with Gasteiger partial charge in [0.15, 0.2) is 5.65 Å². The van der Waals surface area contributed by atoms with E-state index >= 15 is 0 Å². The molecule has 9 heteroatoms. The van der Waals surface area contributed by atoms with E-state index in [1.54, 1.807) is 17.7 Å². The van der Waals surface area contributed by atoms with E-state index in [1.165, 1.54) is 0 Å². The molecule has 3 aliphatic rings. The third kappa shape index (κ3) is 4.01. The first kappa shape index (κ1) is 21.6. The Labute approximate surface area is 192 Å². The Morgan fingerprint density at radius 1 is 1.18 bits per heavy atom. The van der Waals surface area contributed by atoms with Gasteiger partial charge in [0, 0.05) is 36.8 Å². The summed E-state index contributed by atoms with van der Waals surface area (Å²) < 4.78 is 1.58. The summed E-state index contributed by atoms with van der Waals surface area (Å²) in [6.07, 6.45) is 11.7. The second kappa shape index (κ2) is 8.62. The first-order valence-electron chi connectivity index (χ1n) is 11.7. The number of anilines is 2. The van der Waals surface area contributed by atoms with Crippen LogP contribution in [0, 0.1) is 12.8 Å². The number of likely N-dealkylation sites (tertiary alicyclic amines) is 1. The van der Waals surface area contributed by atoms with Gasteiger partial charge in [-0.2, -0.15) is 4.98 Å². The van der Waals surface area contributed by atoms with Crippen LogP contribution in [-0.4, -0.2) is 55.7 Å². The van der Waals surface area contributed by atoms with E-state index in [0.29, 0.717) is 54.2 Å². The zero-order chi connectivity index (χ0) is 23.1. The molecule has 0 bridgehead atoms. The van der Waals surface area contributed by atoms with Gasteiger partial charge in [-0.15, -0.1) is 0 Å². The number of fused-ring (bicyclic) bond motifs is 1. The van der Waals surface area contributed by atoms with E-state index in [2.05, 4.69) is 15.3 Å². The first-order chi connectivity index (χ1) is 15.9. The molecule has 4 N–H and O–H groups in total. The fourth-order valence-corrected chi connectivity index (χ4v) is 4.97. The smallest absolute Gasteiger partial charge is 0.261 e.